The van der Waals surface area contributed by atoms with Gasteiger partial charge in [0.25, 0.3) is 0 Å². The Labute approximate surface area is 316 Å². The van der Waals surface area contributed by atoms with Crippen molar-refractivity contribution in [2.45, 2.75) is 144 Å². The molecule has 0 bridgehead atoms. The summed E-state index contributed by atoms with van der Waals surface area (Å²) >= 11 is 0. The van der Waals surface area contributed by atoms with E-state index in [4.69, 9.17) is 18.9 Å². The lowest BCUT2D eigenvalue weighted by molar-refractivity contribution is 0.286. The van der Waals surface area contributed by atoms with Gasteiger partial charge in [-0.3, -0.25) is 0 Å². The summed E-state index contributed by atoms with van der Waals surface area (Å²) in [4.78, 5) is 0. The second kappa shape index (κ2) is 17.3. The van der Waals surface area contributed by atoms with Crippen LogP contribution in [0.4, 0.5) is 0 Å². The summed E-state index contributed by atoms with van der Waals surface area (Å²) in [5.41, 5.74) is 7.71. The first-order valence-corrected chi connectivity index (χ1v) is 19.3. The maximum Gasteiger partial charge on any atom is 0.120 e. The van der Waals surface area contributed by atoms with Crippen LogP contribution in [0, 0.1) is 0 Å². The fourth-order valence-electron chi connectivity index (χ4n) is 5.73. The monoisotopic (exact) mass is 706 g/mol. The van der Waals surface area contributed by atoms with Gasteiger partial charge in [-0.2, -0.15) is 0 Å². The van der Waals surface area contributed by atoms with Gasteiger partial charge in [-0.15, -0.1) is 0 Å². The molecular formula is C48H66O4. The normalized spacial score (nSPS) is 12.5. The summed E-state index contributed by atoms with van der Waals surface area (Å²) in [7, 11) is 0. The van der Waals surface area contributed by atoms with Crippen molar-refractivity contribution in [1.29, 1.82) is 0 Å². The molecule has 4 aromatic carbocycles. The molecule has 0 amide bonds. The summed E-state index contributed by atoms with van der Waals surface area (Å²) in [6.45, 7) is 29.5. The van der Waals surface area contributed by atoms with Gasteiger partial charge in [-0.25, -0.2) is 0 Å². The maximum absolute atomic E-state index is 6.27. The Morgan fingerprint density at radius 3 is 0.885 bits per heavy atom. The van der Waals surface area contributed by atoms with Crippen molar-refractivity contribution in [2.75, 3.05) is 13.2 Å². The number of rotatable bonds is 15. The van der Waals surface area contributed by atoms with Crippen molar-refractivity contribution < 1.29 is 18.9 Å². The minimum Gasteiger partial charge on any atom is -0.494 e. The van der Waals surface area contributed by atoms with E-state index in [2.05, 4.69) is 144 Å². The molecule has 0 saturated carbocycles. The second-order valence-electron chi connectivity index (χ2n) is 18.5. The molecule has 4 aromatic rings. The van der Waals surface area contributed by atoms with Crippen molar-refractivity contribution in [3.8, 4) is 23.0 Å². The highest BCUT2D eigenvalue weighted by molar-refractivity contribution is 5.42. The van der Waals surface area contributed by atoms with Gasteiger partial charge in [0.05, 0.1) is 13.2 Å². The molecule has 0 heterocycles. The largest absolute Gasteiger partial charge is 0.494 e. The first kappa shape index (κ1) is 40.8. The summed E-state index contributed by atoms with van der Waals surface area (Å²) in [6.07, 6.45) is 4.28. The number of hydrogen-bond acceptors (Lipinski definition) is 4. The lowest BCUT2D eigenvalue weighted by Crippen LogP contribution is -2.16. The first-order chi connectivity index (χ1) is 24.3. The van der Waals surface area contributed by atoms with E-state index in [1.165, 1.54) is 22.3 Å². The van der Waals surface area contributed by atoms with Gasteiger partial charge < -0.3 is 18.9 Å². The fraction of sp³-hybridized carbons (Fsp3) is 0.500. The highest BCUT2D eigenvalue weighted by atomic mass is 16.5. The summed E-state index contributed by atoms with van der Waals surface area (Å²) in [6, 6.07) is 29.9. The molecular weight excluding hydrogens is 641 g/mol. The molecule has 0 N–H and O–H groups in total. The van der Waals surface area contributed by atoms with Crippen LogP contribution in [0.25, 0.3) is 0 Å². The van der Waals surface area contributed by atoms with E-state index in [0.717, 1.165) is 59.8 Å². The molecule has 0 saturated heterocycles. The van der Waals surface area contributed by atoms with Crippen LogP contribution in [0.2, 0.25) is 0 Å². The molecule has 0 aromatic heterocycles. The van der Waals surface area contributed by atoms with Crippen LogP contribution in [0.15, 0.2) is 84.9 Å². The third-order valence-electron chi connectivity index (χ3n) is 9.51. The molecule has 0 aliphatic heterocycles. The third kappa shape index (κ3) is 12.9. The van der Waals surface area contributed by atoms with E-state index >= 15 is 0 Å². The van der Waals surface area contributed by atoms with E-state index in [1.807, 2.05) is 24.3 Å². The Bertz CT molecular complexity index is 1500. The topological polar surface area (TPSA) is 36.9 Å². The number of ether oxygens (including phenoxy) is 4. The molecule has 4 heteroatoms. The number of benzene rings is 4. The molecule has 0 spiro atoms. The number of hydrogen-bond donors (Lipinski definition) is 0. The van der Waals surface area contributed by atoms with Crippen LogP contribution < -0.4 is 18.9 Å². The predicted molar refractivity (Wildman–Crippen MR) is 219 cm³/mol. The smallest absolute Gasteiger partial charge is 0.120 e. The Balaban J connectivity index is 1.12. The zero-order valence-electron chi connectivity index (χ0n) is 34.4. The lowest BCUT2D eigenvalue weighted by Gasteiger charge is -2.26. The van der Waals surface area contributed by atoms with Crippen molar-refractivity contribution >= 4 is 0 Å². The van der Waals surface area contributed by atoms with E-state index in [9.17, 15) is 0 Å². The second-order valence-corrected chi connectivity index (χ2v) is 18.5. The molecule has 4 rings (SSSR count). The first-order valence-electron chi connectivity index (χ1n) is 19.3. The zero-order chi connectivity index (χ0) is 38.2. The van der Waals surface area contributed by atoms with Crippen molar-refractivity contribution in [2.24, 2.45) is 0 Å². The highest BCUT2D eigenvalue weighted by Crippen LogP contribution is 2.35. The Morgan fingerprint density at radius 1 is 0.327 bits per heavy atom. The maximum atomic E-state index is 6.27. The average Bonchev–Trinajstić information content (AvgIpc) is 3.07. The van der Waals surface area contributed by atoms with Crippen molar-refractivity contribution in [1.82, 2.24) is 0 Å². The molecule has 52 heavy (non-hydrogen) atoms. The third-order valence-corrected chi connectivity index (χ3v) is 9.51. The van der Waals surface area contributed by atoms with Crippen LogP contribution >= 0.6 is 0 Å². The van der Waals surface area contributed by atoms with Gasteiger partial charge in [-0.05, 0) is 129 Å². The van der Waals surface area contributed by atoms with E-state index in [0.29, 0.717) is 26.4 Å². The minimum absolute atomic E-state index is 0.0636. The molecule has 0 atom stereocenters. The number of unbranched alkanes of at least 4 members (excludes halogenated alkanes) is 3. The molecule has 0 fully saturated rings. The van der Waals surface area contributed by atoms with E-state index in [1.54, 1.807) is 0 Å². The van der Waals surface area contributed by atoms with Gasteiger partial charge in [0.1, 0.15) is 36.2 Å². The molecule has 0 unspecified atom stereocenters. The van der Waals surface area contributed by atoms with Crippen LogP contribution in [-0.2, 0) is 34.9 Å². The van der Waals surface area contributed by atoms with Gasteiger partial charge in [0.2, 0.25) is 0 Å². The zero-order valence-corrected chi connectivity index (χ0v) is 34.4. The predicted octanol–water partition coefficient (Wildman–Crippen LogP) is 13.1. The Morgan fingerprint density at radius 2 is 0.615 bits per heavy atom. The van der Waals surface area contributed by atoms with Gasteiger partial charge in [0.15, 0.2) is 0 Å². The Hall–Kier alpha value is -3.92. The van der Waals surface area contributed by atoms with Gasteiger partial charge >= 0.3 is 0 Å². The fourth-order valence-corrected chi connectivity index (χ4v) is 5.73. The molecule has 0 radical (unpaired) electrons. The van der Waals surface area contributed by atoms with Crippen molar-refractivity contribution in [3.63, 3.8) is 0 Å². The SMILES string of the molecule is CC(C)(C)c1cc(OCc2ccc(OCCCCCCOc3ccc(COc4cc(C(C)(C)C)cc(C(C)(C)C)c4)cc3)cc2)cc(C(C)(C)C)c1. The standard InChI is InChI=1S/C48H66O4/c1-45(2,3)37-27-38(46(4,5)6)30-43(29-37)51-33-35-17-21-41(22-18-35)49-25-15-13-14-16-26-50-42-23-19-36(20-24-42)34-52-44-31-39(47(7,8)9)28-40(32-44)48(10,11)12/h17-24,27-32H,13-16,25-26,33-34H2,1-12H3. The van der Waals surface area contributed by atoms with Crippen molar-refractivity contribution in [3.05, 3.63) is 118 Å². The van der Waals surface area contributed by atoms with Gasteiger partial charge in [-0.1, -0.05) is 119 Å². The summed E-state index contributed by atoms with van der Waals surface area (Å²) in [5.74, 6) is 3.66. The average molecular weight is 707 g/mol. The quantitative estimate of drug-likeness (QED) is 0.115. The summed E-state index contributed by atoms with van der Waals surface area (Å²) < 4.78 is 24.6. The Kier molecular flexibility index (Phi) is 13.6. The minimum atomic E-state index is 0.0636. The van der Waals surface area contributed by atoms with Crippen LogP contribution in [-0.4, -0.2) is 13.2 Å². The van der Waals surface area contributed by atoms with Crippen LogP contribution in [0.5, 0.6) is 23.0 Å². The molecule has 282 valence electrons. The van der Waals surface area contributed by atoms with Crippen LogP contribution in [0.3, 0.4) is 0 Å². The summed E-state index contributed by atoms with van der Waals surface area (Å²) in [5, 5.41) is 0. The highest BCUT2D eigenvalue weighted by Gasteiger charge is 2.22. The lowest BCUT2D eigenvalue weighted by atomic mass is 9.80. The molecule has 0 aliphatic rings. The molecule has 4 nitrogen and oxygen atoms in total. The van der Waals surface area contributed by atoms with E-state index in [-0.39, 0.29) is 21.7 Å². The molecule has 0 aliphatic carbocycles. The van der Waals surface area contributed by atoms with Gasteiger partial charge in [0, 0.05) is 0 Å². The van der Waals surface area contributed by atoms with E-state index < -0.39 is 0 Å². The van der Waals surface area contributed by atoms with Crippen LogP contribution in [0.1, 0.15) is 142 Å².